The van der Waals surface area contributed by atoms with Gasteiger partial charge in [-0.2, -0.15) is 0 Å². The molecule has 6 rings (SSSR count). The molecule has 2 heteroatoms. The Morgan fingerprint density at radius 1 is 0.528 bits per heavy atom. The lowest BCUT2D eigenvalue weighted by molar-refractivity contribution is 0.475. The van der Waals surface area contributed by atoms with E-state index in [2.05, 4.69) is 114 Å². The highest BCUT2D eigenvalue weighted by atomic mass is 16.3. The molecule has 0 radical (unpaired) electrons. The second-order valence-corrected chi connectivity index (χ2v) is 9.21. The van der Waals surface area contributed by atoms with Crippen LogP contribution >= 0.6 is 0 Å². The Bertz CT molecular complexity index is 1600. The third-order valence-electron chi connectivity index (χ3n) is 6.82. The summed E-state index contributed by atoms with van der Waals surface area (Å²) >= 11 is 0. The van der Waals surface area contributed by atoms with E-state index in [4.69, 9.17) is 0 Å². The fourth-order valence-electron chi connectivity index (χ4n) is 5.09. The molecule has 1 heterocycles. The maximum atomic E-state index is 9.79. The van der Waals surface area contributed by atoms with E-state index in [1.807, 2.05) is 12.1 Å². The van der Waals surface area contributed by atoms with Crippen LogP contribution in [0.25, 0.3) is 33.3 Å². The Hall–Kier alpha value is -4.56. The molecule has 2 nitrogen and oxygen atoms in total. The zero-order valence-electron chi connectivity index (χ0n) is 20.0. The monoisotopic (exact) mass is 465 g/mol. The zero-order valence-corrected chi connectivity index (χ0v) is 20.0. The minimum Gasteiger partial charge on any atom is -0.508 e. The molecule has 0 unspecified atom stereocenters. The lowest BCUT2D eigenvalue weighted by Gasteiger charge is -2.13. The van der Waals surface area contributed by atoms with Crippen LogP contribution in [0.2, 0.25) is 0 Å². The molecule has 0 fully saturated rings. The maximum Gasteiger partial charge on any atom is 0.115 e. The van der Waals surface area contributed by atoms with Crippen LogP contribution in [0.1, 0.15) is 16.7 Å². The Kier molecular flexibility index (Phi) is 5.85. The van der Waals surface area contributed by atoms with Crippen molar-refractivity contribution in [1.82, 2.24) is 4.57 Å². The first-order valence-electron chi connectivity index (χ1n) is 12.3. The third-order valence-corrected chi connectivity index (χ3v) is 6.82. The fourth-order valence-corrected chi connectivity index (χ4v) is 5.09. The normalized spacial score (nSPS) is 11.1. The first-order valence-corrected chi connectivity index (χ1v) is 12.3. The van der Waals surface area contributed by atoms with E-state index < -0.39 is 0 Å². The summed E-state index contributed by atoms with van der Waals surface area (Å²) in [7, 11) is 0. The number of aromatic nitrogens is 1. The maximum absolute atomic E-state index is 9.79. The van der Waals surface area contributed by atoms with E-state index in [1.165, 1.54) is 38.9 Å². The molecule has 174 valence electrons. The molecular formula is C34H27NO. The number of fused-ring (bicyclic) bond motifs is 1. The molecule has 0 aliphatic carbocycles. The minimum absolute atomic E-state index is 0.282. The van der Waals surface area contributed by atoms with Crippen molar-refractivity contribution in [2.24, 2.45) is 0 Å². The minimum atomic E-state index is 0.282. The van der Waals surface area contributed by atoms with E-state index in [0.29, 0.717) is 0 Å². The Labute approximate surface area is 211 Å². The van der Waals surface area contributed by atoms with Crippen molar-refractivity contribution in [3.8, 4) is 28.1 Å². The highest BCUT2D eigenvalue weighted by Crippen LogP contribution is 2.38. The molecular weight excluding hydrogens is 438 g/mol. The van der Waals surface area contributed by atoms with Crippen LogP contribution in [0.15, 0.2) is 133 Å². The molecule has 0 spiro atoms. The molecule has 0 saturated carbocycles. The van der Waals surface area contributed by atoms with E-state index in [1.54, 1.807) is 12.1 Å². The van der Waals surface area contributed by atoms with Gasteiger partial charge in [0, 0.05) is 23.9 Å². The lowest BCUT2D eigenvalue weighted by Crippen LogP contribution is -2.03. The summed E-state index contributed by atoms with van der Waals surface area (Å²) in [6.45, 7) is 0.801. The largest absolute Gasteiger partial charge is 0.508 e. The Morgan fingerprint density at radius 3 is 1.78 bits per heavy atom. The summed E-state index contributed by atoms with van der Waals surface area (Å²) in [6.07, 6.45) is 0.850. The number of benzene rings is 5. The summed E-state index contributed by atoms with van der Waals surface area (Å²) in [5.74, 6) is 0.282. The second-order valence-electron chi connectivity index (χ2n) is 9.21. The predicted octanol–water partition coefficient (Wildman–Crippen LogP) is 8.32. The predicted molar refractivity (Wildman–Crippen MR) is 149 cm³/mol. The van der Waals surface area contributed by atoms with Gasteiger partial charge >= 0.3 is 0 Å². The summed E-state index contributed by atoms with van der Waals surface area (Å²) in [4.78, 5) is 0. The molecule has 0 amide bonds. The number of rotatable bonds is 6. The van der Waals surface area contributed by atoms with Gasteiger partial charge in [-0.25, -0.2) is 0 Å². The van der Waals surface area contributed by atoms with Crippen molar-refractivity contribution in [3.05, 3.63) is 150 Å². The number of nitrogens with zero attached hydrogens (tertiary/aromatic N) is 1. The van der Waals surface area contributed by atoms with E-state index in [9.17, 15) is 5.11 Å². The van der Waals surface area contributed by atoms with Crippen molar-refractivity contribution in [2.75, 3.05) is 0 Å². The zero-order chi connectivity index (χ0) is 24.3. The van der Waals surface area contributed by atoms with Crippen LogP contribution in [0.4, 0.5) is 0 Å². The van der Waals surface area contributed by atoms with Crippen LogP contribution < -0.4 is 0 Å². The summed E-state index contributed by atoms with van der Waals surface area (Å²) in [6, 6.07) is 46.4. The number of aromatic hydroxyl groups is 1. The molecule has 0 bridgehead atoms. The van der Waals surface area contributed by atoms with Crippen LogP contribution in [0.3, 0.4) is 0 Å². The van der Waals surface area contributed by atoms with Crippen LogP contribution in [0.5, 0.6) is 5.75 Å². The Balaban J connectivity index is 1.62. The summed E-state index contributed by atoms with van der Waals surface area (Å²) in [5.41, 5.74) is 9.86. The number of hydrogen-bond donors (Lipinski definition) is 1. The van der Waals surface area contributed by atoms with Gasteiger partial charge in [-0.05, 0) is 57.6 Å². The van der Waals surface area contributed by atoms with Gasteiger partial charge in [0.2, 0.25) is 0 Å². The van der Waals surface area contributed by atoms with E-state index >= 15 is 0 Å². The first-order chi connectivity index (χ1) is 17.8. The number of phenolic OH excluding ortho intramolecular Hbond substituents is 1. The van der Waals surface area contributed by atoms with Crippen molar-refractivity contribution in [1.29, 1.82) is 0 Å². The van der Waals surface area contributed by atoms with Gasteiger partial charge in [0.15, 0.2) is 0 Å². The smallest absolute Gasteiger partial charge is 0.115 e. The third kappa shape index (κ3) is 4.30. The highest BCUT2D eigenvalue weighted by Gasteiger charge is 2.20. The Morgan fingerprint density at radius 2 is 1.11 bits per heavy atom. The van der Waals surface area contributed by atoms with Gasteiger partial charge in [-0.15, -0.1) is 0 Å². The van der Waals surface area contributed by atoms with E-state index in [0.717, 1.165) is 24.1 Å². The molecule has 36 heavy (non-hydrogen) atoms. The standard InChI is InChI=1S/C34H27NO/c36-30-19-16-27(17-20-30)29-18-21-33-31(23-29)32(22-25-10-4-1-5-11-25)34(28-14-8-3-9-15-28)35(33)24-26-12-6-2-7-13-26/h1-21,23,36H,22,24H2. The van der Waals surface area contributed by atoms with Gasteiger partial charge in [-0.1, -0.05) is 109 Å². The topological polar surface area (TPSA) is 25.2 Å². The van der Waals surface area contributed by atoms with Crippen LogP contribution in [-0.4, -0.2) is 9.67 Å². The van der Waals surface area contributed by atoms with E-state index in [-0.39, 0.29) is 5.75 Å². The van der Waals surface area contributed by atoms with Gasteiger partial charge < -0.3 is 9.67 Å². The number of hydrogen-bond acceptors (Lipinski definition) is 1. The van der Waals surface area contributed by atoms with Crippen LogP contribution in [0, 0.1) is 0 Å². The number of phenols is 1. The second kappa shape index (κ2) is 9.59. The molecule has 6 aromatic rings. The van der Waals surface area contributed by atoms with Gasteiger partial charge in [0.25, 0.3) is 0 Å². The van der Waals surface area contributed by atoms with Crippen molar-refractivity contribution >= 4 is 10.9 Å². The summed E-state index contributed by atoms with van der Waals surface area (Å²) < 4.78 is 2.47. The molecule has 1 N–H and O–H groups in total. The van der Waals surface area contributed by atoms with Gasteiger partial charge in [0.05, 0.1) is 5.69 Å². The van der Waals surface area contributed by atoms with Gasteiger partial charge in [0.1, 0.15) is 5.75 Å². The van der Waals surface area contributed by atoms with Crippen molar-refractivity contribution < 1.29 is 5.11 Å². The van der Waals surface area contributed by atoms with Crippen LogP contribution in [-0.2, 0) is 13.0 Å². The average molecular weight is 466 g/mol. The molecule has 0 aliphatic rings. The first kappa shape index (κ1) is 21.9. The highest BCUT2D eigenvalue weighted by molar-refractivity contribution is 5.95. The SMILES string of the molecule is Oc1ccc(-c2ccc3c(c2)c(Cc2ccccc2)c(-c2ccccc2)n3Cc2ccccc2)cc1. The van der Waals surface area contributed by atoms with Gasteiger partial charge in [-0.3, -0.25) is 0 Å². The molecule has 0 atom stereocenters. The summed E-state index contributed by atoms with van der Waals surface area (Å²) in [5, 5.41) is 11.0. The average Bonchev–Trinajstić information content (AvgIpc) is 3.23. The quantitative estimate of drug-likeness (QED) is 0.263. The fraction of sp³-hybridized carbons (Fsp3) is 0.0588. The van der Waals surface area contributed by atoms with Crippen molar-refractivity contribution in [3.63, 3.8) is 0 Å². The molecule has 1 aromatic heterocycles. The molecule has 0 saturated heterocycles. The molecule has 5 aromatic carbocycles. The molecule has 0 aliphatic heterocycles. The van der Waals surface area contributed by atoms with Crippen molar-refractivity contribution in [2.45, 2.75) is 13.0 Å². The lowest BCUT2D eigenvalue weighted by atomic mass is 9.96.